The highest BCUT2D eigenvalue weighted by Gasteiger charge is 2.18. The summed E-state index contributed by atoms with van der Waals surface area (Å²) >= 11 is 0. The Morgan fingerprint density at radius 3 is 2.16 bits per heavy atom. The van der Waals surface area contributed by atoms with E-state index in [0.717, 1.165) is 16.7 Å². The number of nitrogens with one attached hydrogen (secondary N) is 2. The normalized spacial score (nSPS) is 11.6. The van der Waals surface area contributed by atoms with Crippen molar-refractivity contribution >= 4 is 15.7 Å². The van der Waals surface area contributed by atoms with Gasteiger partial charge < -0.3 is 4.98 Å². The van der Waals surface area contributed by atoms with Crippen LogP contribution in [0.15, 0.2) is 23.4 Å². The minimum atomic E-state index is -3.62. The van der Waals surface area contributed by atoms with Crippen LogP contribution in [0.3, 0.4) is 0 Å². The van der Waals surface area contributed by atoms with Gasteiger partial charge in [-0.1, -0.05) is 17.7 Å². The molecule has 0 amide bonds. The predicted octanol–water partition coefficient (Wildman–Crippen LogP) is 2.44. The molecule has 2 aromatic rings. The van der Waals surface area contributed by atoms with E-state index in [2.05, 4.69) is 14.7 Å². The lowest BCUT2D eigenvalue weighted by atomic mass is 10.1. The summed E-state index contributed by atoms with van der Waals surface area (Å²) < 4.78 is 27.1. The summed E-state index contributed by atoms with van der Waals surface area (Å²) in [4.78, 5) is 6.63. The monoisotopic (exact) mass is 279 g/mol. The van der Waals surface area contributed by atoms with Gasteiger partial charge in [-0.05, 0) is 38.8 Å². The summed E-state index contributed by atoms with van der Waals surface area (Å²) in [6.07, 6.45) is 1.32. The molecule has 19 heavy (non-hydrogen) atoms. The number of anilines is 1. The number of hydrogen-bond acceptors (Lipinski definition) is 3. The van der Waals surface area contributed by atoms with Crippen LogP contribution >= 0.6 is 0 Å². The number of benzene rings is 1. The standard InChI is InChI=1S/C13H17N3O2S/c1-8-5-9(2)13(10(3)6-8)16-19(17,18)12-7-14-11(4)15-12/h5-7,16H,1-4H3,(H,14,15). The highest BCUT2D eigenvalue weighted by molar-refractivity contribution is 7.92. The first-order valence-corrected chi connectivity index (χ1v) is 7.40. The van der Waals surface area contributed by atoms with Crippen LogP contribution in [0.4, 0.5) is 5.69 Å². The first-order chi connectivity index (χ1) is 8.79. The molecule has 5 nitrogen and oxygen atoms in total. The van der Waals surface area contributed by atoms with Crippen molar-refractivity contribution in [1.82, 2.24) is 9.97 Å². The molecule has 1 aromatic carbocycles. The minimum Gasteiger partial charge on any atom is -0.332 e. The molecule has 0 aliphatic carbocycles. The zero-order valence-corrected chi connectivity index (χ0v) is 12.2. The fourth-order valence-corrected chi connectivity index (χ4v) is 3.24. The van der Waals surface area contributed by atoms with Gasteiger partial charge in [0, 0.05) is 0 Å². The Balaban J connectivity index is 2.41. The smallest absolute Gasteiger partial charge is 0.279 e. The molecule has 0 fully saturated rings. The number of aromatic amines is 1. The number of nitrogens with zero attached hydrogens (tertiary/aromatic N) is 1. The van der Waals surface area contributed by atoms with Gasteiger partial charge in [-0.2, -0.15) is 8.42 Å². The third-order valence-corrected chi connectivity index (χ3v) is 4.14. The summed E-state index contributed by atoms with van der Waals surface area (Å²) in [5.74, 6) is 0.567. The largest absolute Gasteiger partial charge is 0.332 e. The Kier molecular flexibility index (Phi) is 3.36. The second-order valence-electron chi connectivity index (χ2n) is 4.71. The van der Waals surface area contributed by atoms with E-state index in [1.165, 1.54) is 6.20 Å². The van der Waals surface area contributed by atoms with Crippen LogP contribution in [-0.4, -0.2) is 18.4 Å². The molecule has 2 rings (SSSR count). The van der Waals surface area contributed by atoms with Gasteiger partial charge in [0.05, 0.1) is 11.9 Å². The lowest BCUT2D eigenvalue weighted by Crippen LogP contribution is -2.15. The molecular formula is C13H17N3O2S. The molecule has 1 heterocycles. The van der Waals surface area contributed by atoms with Gasteiger partial charge in [0.1, 0.15) is 5.82 Å². The molecular weight excluding hydrogens is 262 g/mol. The first-order valence-electron chi connectivity index (χ1n) is 5.92. The molecule has 0 aliphatic heterocycles. The maximum atomic E-state index is 12.2. The van der Waals surface area contributed by atoms with Crippen molar-refractivity contribution in [1.29, 1.82) is 0 Å². The van der Waals surface area contributed by atoms with Gasteiger partial charge in [0.15, 0.2) is 5.03 Å². The van der Waals surface area contributed by atoms with Gasteiger partial charge in [0.2, 0.25) is 0 Å². The van der Waals surface area contributed by atoms with E-state index in [0.29, 0.717) is 11.5 Å². The Bertz CT molecular complexity index is 694. The molecule has 0 atom stereocenters. The van der Waals surface area contributed by atoms with Crippen molar-refractivity contribution in [3.63, 3.8) is 0 Å². The average Bonchev–Trinajstić information content (AvgIpc) is 2.71. The van der Waals surface area contributed by atoms with Crippen molar-refractivity contribution in [3.8, 4) is 0 Å². The molecule has 0 unspecified atom stereocenters. The zero-order valence-electron chi connectivity index (χ0n) is 11.4. The van der Waals surface area contributed by atoms with Crippen LogP contribution in [0, 0.1) is 27.7 Å². The van der Waals surface area contributed by atoms with E-state index in [-0.39, 0.29) is 5.03 Å². The number of aromatic nitrogens is 2. The van der Waals surface area contributed by atoms with E-state index in [9.17, 15) is 8.42 Å². The Morgan fingerprint density at radius 2 is 1.68 bits per heavy atom. The van der Waals surface area contributed by atoms with Crippen LogP contribution < -0.4 is 4.72 Å². The quantitative estimate of drug-likeness (QED) is 0.906. The van der Waals surface area contributed by atoms with Crippen LogP contribution in [0.5, 0.6) is 0 Å². The molecule has 0 saturated carbocycles. The van der Waals surface area contributed by atoms with Crippen molar-refractivity contribution in [2.45, 2.75) is 32.7 Å². The van der Waals surface area contributed by atoms with Crippen molar-refractivity contribution in [2.75, 3.05) is 4.72 Å². The summed E-state index contributed by atoms with van der Waals surface area (Å²) in [5.41, 5.74) is 3.53. The zero-order chi connectivity index (χ0) is 14.2. The molecule has 0 spiro atoms. The molecule has 0 saturated heterocycles. The van der Waals surface area contributed by atoms with E-state index in [1.54, 1.807) is 6.92 Å². The van der Waals surface area contributed by atoms with Crippen LogP contribution in [-0.2, 0) is 10.0 Å². The summed E-state index contributed by atoms with van der Waals surface area (Å²) in [7, 11) is -3.62. The number of aryl methyl sites for hydroxylation is 4. The second-order valence-corrected chi connectivity index (χ2v) is 6.36. The summed E-state index contributed by atoms with van der Waals surface area (Å²) in [6, 6.07) is 3.89. The van der Waals surface area contributed by atoms with Crippen molar-refractivity contribution in [2.24, 2.45) is 0 Å². The van der Waals surface area contributed by atoms with Crippen LogP contribution in [0.1, 0.15) is 22.5 Å². The fourth-order valence-electron chi connectivity index (χ4n) is 2.07. The Labute approximate surface area is 113 Å². The SMILES string of the molecule is Cc1cc(C)c(NS(=O)(=O)c2cnc(C)[nH]2)c(C)c1. The van der Waals surface area contributed by atoms with Crippen molar-refractivity contribution in [3.05, 3.63) is 40.8 Å². The number of hydrogen-bond donors (Lipinski definition) is 2. The van der Waals surface area contributed by atoms with Gasteiger partial charge in [-0.3, -0.25) is 4.72 Å². The lowest BCUT2D eigenvalue weighted by molar-refractivity contribution is 0.598. The van der Waals surface area contributed by atoms with Crippen molar-refractivity contribution < 1.29 is 8.42 Å². The molecule has 0 bridgehead atoms. The van der Waals surface area contributed by atoms with Gasteiger partial charge in [-0.15, -0.1) is 0 Å². The van der Waals surface area contributed by atoms with Gasteiger partial charge in [0.25, 0.3) is 10.0 Å². The summed E-state index contributed by atoms with van der Waals surface area (Å²) in [6.45, 7) is 7.46. The average molecular weight is 279 g/mol. The third kappa shape index (κ3) is 2.78. The molecule has 102 valence electrons. The van der Waals surface area contributed by atoms with Crippen LogP contribution in [0.2, 0.25) is 0 Å². The highest BCUT2D eigenvalue weighted by atomic mass is 32.2. The third-order valence-electron chi connectivity index (χ3n) is 2.88. The highest BCUT2D eigenvalue weighted by Crippen LogP contribution is 2.24. The molecule has 1 aromatic heterocycles. The number of H-pyrrole nitrogens is 1. The van der Waals surface area contributed by atoms with Gasteiger partial charge in [-0.25, -0.2) is 4.98 Å². The van der Waals surface area contributed by atoms with E-state index < -0.39 is 10.0 Å². The Morgan fingerprint density at radius 1 is 1.11 bits per heavy atom. The Hall–Kier alpha value is -1.82. The first kappa shape index (κ1) is 13.6. The lowest BCUT2D eigenvalue weighted by Gasteiger charge is -2.13. The van der Waals surface area contributed by atoms with E-state index in [1.807, 2.05) is 32.9 Å². The topological polar surface area (TPSA) is 74.8 Å². The van der Waals surface area contributed by atoms with Crippen LogP contribution in [0.25, 0.3) is 0 Å². The number of sulfonamides is 1. The maximum Gasteiger partial charge on any atom is 0.279 e. The predicted molar refractivity (Wildman–Crippen MR) is 74.8 cm³/mol. The van der Waals surface area contributed by atoms with Gasteiger partial charge >= 0.3 is 0 Å². The molecule has 0 radical (unpaired) electrons. The fraction of sp³-hybridized carbons (Fsp3) is 0.308. The maximum absolute atomic E-state index is 12.2. The molecule has 2 N–H and O–H groups in total. The number of rotatable bonds is 3. The minimum absolute atomic E-state index is 0.0735. The number of imidazole rings is 1. The summed E-state index contributed by atoms with van der Waals surface area (Å²) in [5, 5.41) is 0.0735. The molecule has 0 aliphatic rings. The van der Waals surface area contributed by atoms with E-state index >= 15 is 0 Å². The molecule has 6 heteroatoms. The second kappa shape index (κ2) is 4.70. The van der Waals surface area contributed by atoms with E-state index in [4.69, 9.17) is 0 Å².